The minimum absolute atomic E-state index is 0.239. The van der Waals surface area contributed by atoms with Gasteiger partial charge in [0.15, 0.2) is 9.84 Å². The van der Waals surface area contributed by atoms with Crippen LogP contribution in [0.15, 0.2) is 33.6 Å². The first-order chi connectivity index (χ1) is 8.97. The molecule has 106 valence electrons. The molecule has 0 spiro atoms. The van der Waals surface area contributed by atoms with Crippen molar-refractivity contribution in [2.24, 2.45) is 0 Å². The fourth-order valence-corrected chi connectivity index (χ4v) is 3.93. The number of sulfone groups is 1. The Labute approximate surface area is 123 Å². The standard InChI is InChI=1S/C13H19BrN2O2S/c1-15-6-8-16(9-7-15)10-11-19(17,18)13-4-2-12(14)3-5-13/h2-5H,6-11H2,1H3/p+2. The van der Waals surface area contributed by atoms with Crippen LogP contribution < -0.4 is 9.80 Å². The summed E-state index contributed by atoms with van der Waals surface area (Å²) in [5.74, 6) is 0.239. The molecule has 2 N–H and O–H groups in total. The van der Waals surface area contributed by atoms with Crippen LogP contribution in [0.5, 0.6) is 0 Å². The van der Waals surface area contributed by atoms with E-state index >= 15 is 0 Å². The van der Waals surface area contributed by atoms with E-state index in [2.05, 4.69) is 23.0 Å². The lowest BCUT2D eigenvalue weighted by Crippen LogP contribution is -3.27. The second-order valence-electron chi connectivity index (χ2n) is 5.23. The Kier molecular flexibility index (Phi) is 5.00. The monoisotopic (exact) mass is 348 g/mol. The van der Waals surface area contributed by atoms with E-state index < -0.39 is 9.84 Å². The van der Waals surface area contributed by atoms with Crippen LogP contribution in [0.4, 0.5) is 0 Å². The van der Waals surface area contributed by atoms with Crippen molar-refractivity contribution in [2.75, 3.05) is 45.5 Å². The number of quaternary nitrogens is 2. The van der Waals surface area contributed by atoms with Crippen LogP contribution in [0.1, 0.15) is 0 Å². The largest absolute Gasteiger partial charge is 0.328 e. The van der Waals surface area contributed by atoms with Gasteiger partial charge in [0.25, 0.3) is 0 Å². The number of benzene rings is 1. The summed E-state index contributed by atoms with van der Waals surface area (Å²) < 4.78 is 25.3. The number of hydrogen-bond acceptors (Lipinski definition) is 2. The second-order valence-corrected chi connectivity index (χ2v) is 8.25. The van der Waals surface area contributed by atoms with Gasteiger partial charge in [0.2, 0.25) is 0 Å². The third kappa shape index (κ3) is 4.27. The van der Waals surface area contributed by atoms with E-state index in [9.17, 15) is 8.42 Å². The van der Waals surface area contributed by atoms with Crippen molar-refractivity contribution < 1.29 is 18.2 Å². The summed E-state index contributed by atoms with van der Waals surface area (Å²) in [5.41, 5.74) is 0. The van der Waals surface area contributed by atoms with Gasteiger partial charge in [-0.25, -0.2) is 8.42 Å². The summed E-state index contributed by atoms with van der Waals surface area (Å²) >= 11 is 3.32. The van der Waals surface area contributed by atoms with E-state index in [1.807, 2.05) is 0 Å². The highest BCUT2D eigenvalue weighted by Crippen LogP contribution is 2.15. The van der Waals surface area contributed by atoms with Gasteiger partial charge >= 0.3 is 0 Å². The smallest absolute Gasteiger partial charge is 0.183 e. The Morgan fingerprint density at radius 2 is 1.68 bits per heavy atom. The molecule has 1 aliphatic heterocycles. The fourth-order valence-electron chi connectivity index (χ4n) is 2.32. The lowest BCUT2D eigenvalue weighted by atomic mass is 10.3. The molecular formula is C13H21BrN2O2S+2. The molecule has 4 nitrogen and oxygen atoms in total. The molecule has 0 aliphatic carbocycles. The van der Waals surface area contributed by atoms with Gasteiger partial charge in [-0.3, -0.25) is 0 Å². The molecule has 6 heteroatoms. The van der Waals surface area contributed by atoms with Crippen molar-refractivity contribution in [3.05, 3.63) is 28.7 Å². The van der Waals surface area contributed by atoms with E-state index in [0.717, 1.165) is 30.7 Å². The minimum Gasteiger partial charge on any atom is -0.328 e. The number of piperazine rings is 1. The van der Waals surface area contributed by atoms with E-state index in [-0.39, 0.29) is 5.75 Å². The number of halogens is 1. The molecule has 0 aromatic heterocycles. The Hall–Kier alpha value is -0.430. The molecule has 1 aromatic carbocycles. The van der Waals surface area contributed by atoms with Gasteiger partial charge in [0.05, 0.1) is 18.5 Å². The molecule has 1 aliphatic rings. The zero-order valence-corrected chi connectivity index (χ0v) is 13.6. The molecule has 0 atom stereocenters. The third-order valence-electron chi connectivity index (χ3n) is 3.71. The van der Waals surface area contributed by atoms with Crippen LogP contribution in [-0.4, -0.2) is 53.9 Å². The summed E-state index contributed by atoms with van der Waals surface area (Å²) in [7, 11) is -0.949. The summed E-state index contributed by atoms with van der Waals surface area (Å²) in [6, 6.07) is 6.89. The Morgan fingerprint density at radius 3 is 2.26 bits per heavy atom. The summed E-state index contributed by atoms with van der Waals surface area (Å²) in [6.45, 7) is 5.12. The van der Waals surface area contributed by atoms with Gasteiger partial charge in [-0.05, 0) is 24.3 Å². The summed E-state index contributed by atoms with van der Waals surface area (Å²) in [5, 5.41) is 0. The third-order valence-corrected chi connectivity index (χ3v) is 5.97. The SMILES string of the molecule is C[NH+]1CC[NH+](CCS(=O)(=O)c2ccc(Br)cc2)CC1. The first-order valence-corrected chi connectivity index (χ1v) is 9.05. The van der Waals surface area contributed by atoms with E-state index in [4.69, 9.17) is 0 Å². The van der Waals surface area contributed by atoms with Gasteiger partial charge in [-0.2, -0.15) is 0 Å². The maximum absolute atomic E-state index is 12.2. The van der Waals surface area contributed by atoms with Crippen LogP contribution in [0, 0.1) is 0 Å². The molecule has 1 heterocycles. The maximum atomic E-state index is 12.2. The molecule has 19 heavy (non-hydrogen) atoms. The van der Waals surface area contributed by atoms with Crippen molar-refractivity contribution in [3.8, 4) is 0 Å². The predicted octanol–water partition coefficient (Wildman–Crippen LogP) is -1.36. The number of hydrogen-bond donors (Lipinski definition) is 2. The first-order valence-electron chi connectivity index (χ1n) is 6.60. The molecular weight excluding hydrogens is 328 g/mol. The molecule has 1 aromatic rings. The average Bonchev–Trinajstić information content (AvgIpc) is 2.39. The zero-order valence-electron chi connectivity index (χ0n) is 11.2. The Morgan fingerprint density at radius 1 is 1.11 bits per heavy atom. The normalized spacial score (nSPS) is 24.3. The van der Waals surface area contributed by atoms with Crippen LogP contribution in [0.25, 0.3) is 0 Å². The first kappa shape index (κ1) is 15.0. The van der Waals surface area contributed by atoms with E-state index in [1.54, 1.807) is 29.2 Å². The highest BCUT2D eigenvalue weighted by molar-refractivity contribution is 9.10. The topological polar surface area (TPSA) is 43.0 Å². The molecule has 0 amide bonds. The zero-order chi connectivity index (χ0) is 13.9. The Balaban J connectivity index is 1.92. The van der Waals surface area contributed by atoms with Crippen molar-refractivity contribution in [1.82, 2.24) is 0 Å². The van der Waals surface area contributed by atoms with Crippen molar-refractivity contribution in [2.45, 2.75) is 4.90 Å². The molecule has 0 unspecified atom stereocenters. The number of likely N-dealkylation sites (N-methyl/N-ethyl adjacent to an activating group) is 1. The molecule has 0 bridgehead atoms. The number of nitrogens with one attached hydrogen (secondary N) is 2. The van der Waals surface area contributed by atoms with Crippen molar-refractivity contribution in [3.63, 3.8) is 0 Å². The molecule has 1 fully saturated rings. The fraction of sp³-hybridized carbons (Fsp3) is 0.538. The second kappa shape index (κ2) is 6.35. The lowest BCUT2D eigenvalue weighted by Gasteiger charge is -2.27. The average molecular weight is 349 g/mol. The van der Waals surface area contributed by atoms with Crippen LogP contribution in [0.3, 0.4) is 0 Å². The highest BCUT2D eigenvalue weighted by atomic mass is 79.9. The van der Waals surface area contributed by atoms with E-state index in [1.165, 1.54) is 4.90 Å². The quantitative estimate of drug-likeness (QED) is 0.705. The lowest BCUT2D eigenvalue weighted by molar-refractivity contribution is -1.00. The van der Waals surface area contributed by atoms with Gasteiger partial charge in [0, 0.05) is 4.47 Å². The summed E-state index contributed by atoms with van der Waals surface area (Å²) in [4.78, 5) is 3.38. The highest BCUT2D eigenvalue weighted by Gasteiger charge is 2.23. The molecule has 0 saturated carbocycles. The van der Waals surface area contributed by atoms with Gasteiger partial charge in [-0.1, -0.05) is 15.9 Å². The van der Waals surface area contributed by atoms with Gasteiger partial charge in [0.1, 0.15) is 31.9 Å². The van der Waals surface area contributed by atoms with Crippen molar-refractivity contribution >= 4 is 25.8 Å². The molecule has 2 rings (SSSR count). The molecule has 1 saturated heterocycles. The predicted molar refractivity (Wildman–Crippen MR) is 78.4 cm³/mol. The number of rotatable bonds is 4. The summed E-state index contributed by atoms with van der Waals surface area (Å²) in [6.07, 6.45) is 0. The van der Waals surface area contributed by atoms with Crippen LogP contribution >= 0.6 is 15.9 Å². The minimum atomic E-state index is -3.14. The van der Waals surface area contributed by atoms with Gasteiger partial charge in [-0.15, -0.1) is 0 Å². The van der Waals surface area contributed by atoms with E-state index in [0.29, 0.717) is 11.4 Å². The molecule has 0 radical (unpaired) electrons. The Bertz CT molecular complexity index is 508. The van der Waals surface area contributed by atoms with Crippen molar-refractivity contribution in [1.29, 1.82) is 0 Å². The maximum Gasteiger partial charge on any atom is 0.183 e. The van der Waals surface area contributed by atoms with Crippen LogP contribution in [-0.2, 0) is 9.84 Å². The van der Waals surface area contributed by atoms with Gasteiger partial charge < -0.3 is 9.80 Å². The van der Waals surface area contributed by atoms with Crippen LogP contribution in [0.2, 0.25) is 0 Å².